The lowest BCUT2D eigenvalue weighted by atomic mass is 9.83. The smallest absolute Gasteiger partial charge is 0.131 e. The van der Waals surface area contributed by atoms with Gasteiger partial charge in [0.2, 0.25) is 0 Å². The molecule has 1 saturated heterocycles. The number of nitrogens with zero attached hydrogens (tertiary/aromatic N) is 1. The molecule has 3 rings (SSSR count). The molecule has 1 spiro atoms. The van der Waals surface area contributed by atoms with Gasteiger partial charge in [0, 0.05) is 37.5 Å². The number of fused-ring (bicyclic) bond motifs is 1. The number of hydrogen-bond acceptors (Lipinski definition) is 3. The van der Waals surface area contributed by atoms with Crippen LogP contribution in [0.25, 0.3) is 0 Å². The van der Waals surface area contributed by atoms with Gasteiger partial charge in [0.25, 0.3) is 0 Å². The van der Waals surface area contributed by atoms with E-state index in [0.717, 1.165) is 31.7 Å². The molecule has 2 aliphatic rings. The molecule has 0 aliphatic carbocycles. The first-order valence-electron chi connectivity index (χ1n) is 6.90. The highest BCUT2D eigenvalue weighted by Gasteiger charge is 2.48. The van der Waals surface area contributed by atoms with E-state index in [1.165, 1.54) is 5.56 Å². The minimum Gasteiger partial charge on any atom is -0.485 e. The molecule has 1 aromatic carbocycles. The van der Waals surface area contributed by atoms with Crippen molar-refractivity contribution < 1.29 is 4.74 Å². The van der Waals surface area contributed by atoms with Gasteiger partial charge in [-0.25, -0.2) is 0 Å². The number of para-hydroxylation sites is 1. The Morgan fingerprint density at radius 1 is 1.28 bits per heavy atom. The van der Waals surface area contributed by atoms with E-state index in [-0.39, 0.29) is 11.6 Å². The maximum atomic E-state index is 6.43. The molecule has 0 unspecified atom stereocenters. The van der Waals surface area contributed by atoms with Gasteiger partial charge in [-0.2, -0.15) is 0 Å². The van der Waals surface area contributed by atoms with Gasteiger partial charge >= 0.3 is 0 Å². The summed E-state index contributed by atoms with van der Waals surface area (Å²) in [6.45, 7) is 6.67. The molecule has 0 amide bonds. The fraction of sp³-hybridized carbons (Fsp3) is 0.600. The summed E-state index contributed by atoms with van der Waals surface area (Å²) >= 11 is 0. The lowest BCUT2D eigenvalue weighted by Crippen LogP contribution is -2.52. The molecule has 1 atom stereocenters. The number of ether oxygens (including phenoxy) is 1. The zero-order valence-corrected chi connectivity index (χ0v) is 11.2. The lowest BCUT2D eigenvalue weighted by Gasteiger charge is -2.42. The van der Waals surface area contributed by atoms with Crippen LogP contribution in [0.1, 0.15) is 38.3 Å². The summed E-state index contributed by atoms with van der Waals surface area (Å²) in [5.41, 5.74) is 7.45. The van der Waals surface area contributed by atoms with Crippen LogP contribution >= 0.6 is 0 Å². The van der Waals surface area contributed by atoms with Crippen molar-refractivity contribution in [1.82, 2.24) is 4.90 Å². The summed E-state index contributed by atoms with van der Waals surface area (Å²) in [6.07, 6.45) is 2.06. The van der Waals surface area contributed by atoms with Gasteiger partial charge in [-0.05, 0) is 19.9 Å². The molecule has 0 saturated carbocycles. The van der Waals surface area contributed by atoms with Crippen molar-refractivity contribution in [3.63, 3.8) is 0 Å². The van der Waals surface area contributed by atoms with E-state index in [0.29, 0.717) is 6.04 Å². The molecule has 98 valence electrons. The number of likely N-dealkylation sites (tertiary alicyclic amines) is 1. The Morgan fingerprint density at radius 2 is 1.94 bits per heavy atom. The molecule has 3 heteroatoms. The molecule has 1 fully saturated rings. The van der Waals surface area contributed by atoms with E-state index in [4.69, 9.17) is 10.5 Å². The molecule has 2 heterocycles. The minimum absolute atomic E-state index is 0.0306. The summed E-state index contributed by atoms with van der Waals surface area (Å²) in [5, 5.41) is 0. The zero-order chi connectivity index (χ0) is 12.8. The number of rotatable bonds is 1. The standard InChI is InChI=1S/C15H22N2O/c1-11(2)17-9-7-15(8-10-17)14(16)12-5-3-4-6-13(12)18-15/h3-6,11,14H,7-10,16H2,1-2H3/t14-/m0/s1. The minimum atomic E-state index is -0.158. The van der Waals surface area contributed by atoms with Gasteiger partial charge in [0.05, 0.1) is 6.04 Å². The second kappa shape index (κ2) is 4.25. The molecule has 2 N–H and O–H groups in total. The Balaban J connectivity index is 1.80. The van der Waals surface area contributed by atoms with Crippen LogP contribution in [0, 0.1) is 0 Å². The van der Waals surface area contributed by atoms with Crippen molar-refractivity contribution in [1.29, 1.82) is 0 Å². The number of nitrogens with two attached hydrogens (primary N) is 1. The van der Waals surface area contributed by atoms with Gasteiger partial charge in [0.1, 0.15) is 11.4 Å². The van der Waals surface area contributed by atoms with Crippen molar-refractivity contribution >= 4 is 0 Å². The fourth-order valence-electron chi connectivity index (χ4n) is 3.23. The first-order chi connectivity index (χ1) is 8.62. The van der Waals surface area contributed by atoms with Crippen molar-refractivity contribution in [2.45, 2.75) is 44.4 Å². The van der Waals surface area contributed by atoms with Crippen LogP contribution in [0.4, 0.5) is 0 Å². The van der Waals surface area contributed by atoms with E-state index in [1.807, 2.05) is 18.2 Å². The van der Waals surface area contributed by atoms with Gasteiger partial charge in [0.15, 0.2) is 0 Å². The second-order valence-electron chi connectivity index (χ2n) is 5.81. The fourth-order valence-corrected chi connectivity index (χ4v) is 3.23. The summed E-state index contributed by atoms with van der Waals surface area (Å²) in [5.74, 6) is 0.989. The summed E-state index contributed by atoms with van der Waals surface area (Å²) in [7, 11) is 0. The highest BCUT2D eigenvalue weighted by Crippen LogP contribution is 2.46. The van der Waals surface area contributed by atoms with Crippen LogP contribution in [-0.4, -0.2) is 29.6 Å². The second-order valence-corrected chi connectivity index (χ2v) is 5.81. The average molecular weight is 246 g/mol. The predicted octanol–water partition coefficient (Wildman–Crippen LogP) is 2.32. The van der Waals surface area contributed by atoms with E-state index in [1.54, 1.807) is 0 Å². The third kappa shape index (κ3) is 1.73. The Morgan fingerprint density at radius 3 is 2.56 bits per heavy atom. The van der Waals surface area contributed by atoms with Gasteiger partial charge in [-0.15, -0.1) is 0 Å². The maximum Gasteiger partial charge on any atom is 0.131 e. The van der Waals surface area contributed by atoms with Crippen molar-refractivity contribution in [2.24, 2.45) is 5.73 Å². The quantitative estimate of drug-likeness (QED) is 0.826. The van der Waals surface area contributed by atoms with Crippen molar-refractivity contribution in [3.8, 4) is 5.75 Å². The Bertz CT molecular complexity index is 436. The maximum absolute atomic E-state index is 6.43. The third-order valence-corrected chi connectivity index (χ3v) is 4.51. The largest absolute Gasteiger partial charge is 0.485 e. The molecular formula is C15H22N2O. The summed E-state index contributed by atoms with van der Waals surface area (Å²) in [6, 6.07) is 8.85. The van der Waals surface area contributed by atoms with Gasteiger partial charge in [-0.3, -0.25) is 0 Å². The van der Waals surface area contributed by atoms with Gasteiger partial charge in [-0.1, -0.05) is 18.2 Å². The third-order valence-electron chi connectivity index (χ3n) is 4.51. The van der Waals surface area contributed by atoms with E-state index in [9.17, 15) is 0 Å². The Labute approximate surface area is 109 Å². The first kappa shape index (κ1) is 12.0. The molecule has 1 aromatic rings. The number of hydrogen-bond donors (Lipinski definition) is 1. The van der Waals surface area contributed by atoms with Crippen LogP contribution in [-0.2, 0) is 0 Å². The molecule has 0 aromatic heterocycles. The summed E-state index contributed by atoms with van der Waals surface area (Å²) < 4.78 is 6.22. The van der Waals surface area contributed by atoms with Gasteiger partial charge < -0.3 is 15.4 Å². The zero-order valence-electron chi connectivity index (χ0n) is 11.2. The summed E-state index contributed by atoms with van der Waals surface area (Å²) in [4.78, 5) is 2.50. The molecule has 3 nitrogen and oxygen atoms in total. The van der Waals surface area contributed by atoms with E-state index < -0.39 is 0 Å². The highest BCUT2D eigenvalue weighted by atomic mass is 16.5. The van der Waals surface area contributed by atoms with Crippen LogP contribution in [0.3, 0.4) is 0 Å². The molecule has 0 radical (unpaired) electrons. The topological polar surface area (TPSA) is 38.5 Å². The van der Waals surface area contributed by atoms with Crippen LogP contribution in [0.5, 0.6) is 5.75 Å². The molecule has 0 bridgehead atoms. The number of piperidine rings is 1. The average Bonchev–Trinajstić information content (AvgIpc) is 2.64. The first-order valence-corrected chi connectivity index (χ1v) is 6.90. The number of benzene rings is 1. The van der Waals surface area contributed by atoms with Crippen LogP contribution in [0.15, 0.2) is 24.3 Å². The van der Waals surface area contributed by atoms with E-state index in [2.05, 4.69) is 24.8 Å². The normalized spacial score (nSPS) is 26.3. The van der Waals surface area contributed by atoms with Crippen LogP contribution < -0.4 is 10.5 Å². The molecule has 2 aliphatic heterocycles. The molecule has 18 heavy (non-hydrogen) atoms. The Hall–Kier alpha value is -1.06. The van der Waals surface area contributed by atoms with E-state index >= 15 is 0 Å². The SMILES string of the molecule is CC(C)N1CCC2(CC1)Oc1ccccc1[C@@H]2N. The predicted molar refractivity (Wildman–Crippen MR) is 72.7 cm³/mol. The van der Waals surface area contributed by atoms with Crippen molar-refractivity contribution in [2.75, 3.05) is 13.1 Å². The molecular weight excluding hydrogens is 224 g/mol. The monoisotopic (exact) mass is 246 g/mol. The van der Waals surface area contributed by atoms with Crippen molar-refractivity contribution in [3.05, 3.63) is 29.8 Å². The highest BCUT2D eigenvalue weighted by molar-refractivity contribution is 5.42. The Kier molecular flexibility index (Phi) is 2.83. The lowest BCUT2D eigenvalue weighted by molar-refractivity contribution is -0.00690. The van der Waals surface area contributed by atoms with Crippen LogP contribution in [0.2, 0.25) is 0 Å².